The Balaban J connectivity index is 2.33. The van der Waals surface area contributed by atoms with Crippen molar-refractivity contribution in [3.63, 3.8) is 0 Å². The third-order valence-corrected chi connectivity index (χ3v) is 5.13. The molecule has 0 radical (unpaired) electrons. The van der Waals surface area contributed by atoms with Crippen molar-refractivity contribution in [2.45, 2.75) is 18.1 Å². The van der Waals surface area contributed by atoms with E-state index < -0.39 is 10.0 Å². The fourth-order valence-electron chi connectivity index (χ4n) is 1.35. The summed E-state index contributed by atoms with van der Waals surface area (Å²) in [5, 5.41) is 0. The van der Waals surface area contributed by atoms with Crippen molar-refractivity contribution in [2.75, 3.05) is 4.72 Å². The summed E-state index contributed by atoms with van der Waals surface area (Å²) in [5.41, 5.74) is 1.90. The smallest absolute Gasteiger partial charge is 0.273 e. The third kappa shape index (κ3) is 2.80. The summed E-state index contributed by atoms with van der Waals surface area (Å²) in [6.07, 6.45) is 1.23. The van der Waals surface area contributed by atoms with Crippen molar-refractivity contribution in [3.05, 3.63) is 34.2 Å². The van der Waals surface area contributed by atoms with Gasteiger partial charge < -0.3 is 0 Å². The van der Waals surface area contributed by atoms with Crippen LogP contribution in [-0.4, -0.2) is 18.4 Å². The lowest BCUT2D eigenvalue weighted by Crippen LogP contribution is -2.13. The van der Waals surface area contributed by atoms with Crippen LogP contribution in [0.2, 0.25) is 4.47 Å². The van der Waals surface area contributed by atoms with E-state index in [0.717, 1.165) is 17.0 Å². The molecule has 0 aliphatic carbocycles. The predicted octanol–water partition coefficient (Wildman–Crippen LogP) is 2.61. The molecule has 8 heteroatoms. The van der Waals surface area contributed by atoms with Gasteiger partial charge in [0.2, 0.25) is 0 Å². The molecule has 96 valence electrons. The van der Waals surface area contributed by atoms with Gasteiger partial charge in [0.1, 0.15) is 0 Å². The molecule has 2 aromatic rings. The van der Waals surface area contributed by atoms with Crippen molar-refractivity contribution in [1.82, 2.24) is 9.97 Å². The number of thiazole rings is 1. The van der Waals surface area contributed by atoms with Gasteiger partial charge in [-0.05, 0) is 26.0 Å². The highest BCUT2D eigenvalue weighted by molar-refractivity contribution is 7.94. The van der Waals surface area contributed by atoms with Gasteiger partial charge in [-0.1, -0.05) is 22.9 Å². The Hall–Kier alpha value is -1.18. The minimum atomic E-state index is -3.65. The second-order valence-electron chi connectivity index (χ2n) is 3.62. The normalized spacial score (nSPS) is 11.5. The fraction of sp³-hybridized carbons (Fsp3) is 0.200. The number of rotatable bonds is 3. The number of hydrogen-bond acceptors (Lipinski definition) is 5. The average molecular weight is 304 g/mol. The summed E-state index contributed by atoms with van der Waals surface area (Å²) in [5.74, 6) is 0. The molecule has 0 saturated heterocycles. The van der Waals surface area contributed by atoms with Gasteiger partial charge >= 0.3 is 0 Å². The van der Waals surface area contributed by atoms with Crippen LogP contribution in [0.25, 0.3) is 0 Å². The highest BCUT2D eigenvalue weighted by atomic mass is 35.5. The Labute approximate surface area is 114 Å². The molecular formula is C10H10ClN3O2S2. The van der Waals surface area contributed by atoms with E-state index in [4.69, 9.17) is 11.6 Å². The first-order valence-corrected chi connectivity index (χ1v) is 7.64. The van der Waals surface area contributed by atoms with Crippen LogP contribution in [0, 0.1) is 13.8 Å². The summed E-state index contributed by atoms with van der Waals surface area (Å²) < 4.78 is 26.8. The van der Waals surface area contributed by atoms with Crippen LogP contribution in [-0.2, 0) is 10.0 Å². The second-order valence-corrected chi connectivity index (χ2v) is 7.15. The largest absolute Gasteiger partial charge is 0.277 e. The minimum absolute atomic E-state index is 0.0764. The fourth-order valence-corrected chi connectivity index (χ4v) is 3.76. The molecule has 0 unspecified atom stereocenters. The number of aromatic nitrogens is 2. The van der Waals surface area contributed by atoms with Crippen LogP contribution >= 0.6 is 22.9 Å². The Morgan fingerprint density at radius 1 is 1.33 bits per heavy atom. The zero-order valence-corrected chi connectivity index (χ0v) is 12.0. The predicted molar refractivity (Wildman–Crippen MR) is 71.6 cm³/mol. The van der Waals surface area contributed by atoms with Gasteiger partial charge in [-0.3, -0.25) is 9.71 Å². The summed E-state index contributed by atoms with van der Waals surface area (Å²) in [6.45, 7) is 3.58. The Morgan fingerprint density at radius 2 is 2.06 bits per heavy atom. The lowest BCUT2D eigenvalue weighted by molar-refractivity contribution is 0.603. The number of sulfonamides is 1. The van der Waals surface area contributed by atoms with Gasteiger partial charge in [0.05, 0.1) is 17.6 Å². The van der Waals surface area contributed by atoms with Gasteiger partial charge in [0, 0.05) is 5.69 Å². The Kier molecular flexibility index (Phi) is 3.56. The quantitative estimate of drug-likeness (QED) is 0.946. The molecule has 0 aliphatic rings. The van der Waals surface area contributed by atoms with E-state index in [-0.39, 0.29) is 8.68 Å². The van der Waals surface area contributed by atoms with Crippen molar-refractivity contribution >= 4 is 38.6 Å². The molecule has 2 aromatic heterocycles. The van der Waals surface area contributed by atoms with E-state index in [9.17, 15) is 8.42 Å². The first-order chi connectivity index (χ1) is 8.38. The Morgan fingerprint density at radius 3 is 2.61 bits per heavy atom. The average Bonchev–Trinajstić information content (AvgIpc) is 2.70. The Bertz CT molecular complexity index is 682. The molecule has 18 heavy (non-hydrogen) atoms. The summed E-state index contributed by atoms with van der Waals surface area (Å²) in [7, 11) is -3.65. The maximum atomic E-state index is 12.0. The number of aryl methyl sites for hydroxylation is 2. The van der Waals surface area contributed by atoms with E-state index in [1.54, 1.807) is 19.1 Å². The molecule has 2 rings (SSSR count). The highest BCUT2D eigenvalue weighted by Crippen LogP contribution is 2.25. The molecule has 0 amide bonds. The summed E-state index contributed by atoms with van der Waals surface area (Å²) >= 11 is 6.53. The number of nitrogens with zero attached hydrogens (tertiary/aromatic N) is 2. The zero-order chi connectivity index (χ0) is 13.3. The molecule has 0 aromatic carbocycles. The van der Waals surface area contributed by atoms with Crippen LogP contribution in [0.15, 0.2) is 22.5 Å². The van der Waals surface area contributed by atoms with Gasteiger partial charge in [-0.25, -0.2) is 13.4 Å². The SMILES string of the molecule is Cc1ccc(NS(=O)(=O)c2cnc(Cl)s2)c(C)n1. The summed E-state index contributed by atoms with van der Waals surface area (Å²) in [6, 6.07) is 3.42. The number of halogens is 1. The maximum absolute atomic E-state index is 12.0. The van der Waals surface area contributed by atoms with Crippen molar-refractivity contribution in [2.24, 2.45) is 0 Å². The molecule has 5 nitrogen and oxygen atoms in total. The number of anilines is 1. The molecule has 0 aliphatic heterocycles. The highest BCUT2D eigenvalue weighted by Gasteiger charge is 2.18. The summed E-state index contributed by atoms with van der Waals surface area (Å²) in [4.78, 5) is 7.90. The van der Waals surface area contributed by atoms with Crippen LogP contribution < -0.4 is 4.72 Å². The van der Waals surface area contributed by atoms with E-state index in [1.807, 2.05) is 6.92 Å². The van der Waals surface area contributed by atoms with Crippen molar-refractivity contribution in [3.8, 4) is 0 Å². The standard InChI is InChI=1S/C10H10ClN3O2S2/c1-6-3-4-8(7(2)13-6)14-18(15,16)9-5-12-10(11)17-9/h3-5,14H,1-2H3. The zero-order valence-electron chi connectivity index (χ0n) is 9.64. The van der Waals surface area contributed by atoms with Crippen molar-refractivity contribution in [1.29, 1.82) is 0 Å². The first-order valence-electron chi connectivity index (χ1n) is 4.97. The minimum Gasteiger partial charge on any atom is -0.277 e. The number of pyridine rings is 1. The van der Waals surface area contributed by atoms with Crippen LogP contribution in [0.1, 0.15) is 11.4 Å². The van der Waals surface area contributed by atoms with Gasteiger partial charge in [0.25, 0.3) is 10.0 Å². The maximum Gasteiger partial charge on any atom is 0.273 e. The van der Waals surface area contributed by atoms with Gasteiger partial charge in [-0.2, -0.15) is 0 Å². The number of nitrogens with one attached hydrogen (secondary N) is 1. The van der Waals surface area contributed by atoms with Crippen LogP contribution in [0.3, 0.4) is 0 Å². The van der Waals surface area contributed by atoms with E-state index in [1.165, 1.54) is 6.20 Å². The second kappa shape index (κ2) is 4.83. The van der Waals surface area contributed by atoms with Crippen LogP contribution in [0.4, 0.5) is 5.69 Å². The molecule has 0 fully saturated rings. The van der Waals surface area contributed by atoms with E-state index in [2.05, 4.69) is 14.7 Å². The topological polar surface area (TPSA) is 72.0 Å². The number of hydrogen-bond donors (Lipinski definition) is 1. The molecule has 0 saturated carbocycles. The van der Waals surface area contributed by atoms with Crippen molar-refractivity contribution < 1.29 is 8.42 Å². The van der Waals surface area contributed by atoms with Crippen LogP contribution in [0.5, 0.6) is 0 Å². The third-order valence-electron chi connectivity index (χ3n) is 2.19. The lowest BCUT2D eigenvalue weighted by atomic mass is 10.3. The van der Waals surface area contributed by atoms with Gasteiger partial charge in [-0.15, -0.1) is 0 Å². The molecule has 0 spiro atoms. The van der Waals surface area contributed by atoms with Gasteiger partial charge in [0.15, 0.2) is 8.68 Å². The molecular weight excluding hydrogens is 294 g/mol. The molecule has 0 atom stereocenters. The first kappa shape index (κ1) is 13.3. The van der Waals surface area contributed by atoms with E-state index >= 15 is 0 Å². The monoisotopic (exact) mass is 303 g/mol. The molecule has 0 bridgehead atoms. The van der Waals surface area contributed by atoms with E-state index in [0.29, 0.717) is 11.4 Å². The molecule has 1 N–H and O–H groups in total. The lowest BCUT2D eigenvalue weighted by Gasteiger charge is -2.08. The molecule has 2 heterocycles.